The summed E-state index contributed by atoms with van der Waals surface area (Å²) < 4.78 is 15.5. The van der Waals surface area contributed by atoms with Crippen LogP contribution in [0.1, 0.15) is 0 Å². The molecule has 234 valence electrons. The van der Waals surface area contributed by atoms with E-state index in [0.29, 0.717) is 0 Å². The molecule has 0 saturated heterocycles. The summed E-state index contributed by atoms with van der Waals surface area (Å²) in [6.45, 7) is 0. The minimum absolute atomic E-state index is 0.910. The zero-order valence-corrected chi connectivity index (χ0v) is 27.6. The summed E-state index contributed by atoms with van der Waals surface area (Å²) in [5.41, 5.74) is 9.23. The Morgan fingerprint density at radius 2 is 1.08 bits per heavy atom. The summed E-state index contributed by atoms with van der Waals surface area (Å²) in [5.74, 6) is 0. The van der Waals surface area contributed by atoms with Crippen LogP contribution >= 0.6 is 11.3 Å². The van der Waals surface area contributed by atoms with Gasteiger partial charge in [0.25, 0.3) is 0 Å². The van der Waals surface area contributed by atoms with Crippen LogP contribution in [0.3, 0.4) is 0 Å². The van der Waals surface area contributed by atoms with Gasteiger partial charge in [-0.3, -0.25) is 0 Å². The maximum atomic E-state index is 6.64. The van der Waals surface area contributed by atoms with Crippen LogP contribution in [-0.2, 0) is 0 Å². The van der Waals surface area contributed by atoms with Gasteiger partial charge in [-0.1, -0.05) is 97.1 Å². The number of hydrogen-bond acceptors (Lipinski definition) is 4. The van der Waals surface area contributed by atoms with Gasteiger partial charge in [0.05, 0.1) is 0 Å². The second-order valence-electron chi connectivity index (χ2n) is 12.9. The van der Waals surface area contributed by atoms with E-state index < -0.39 is 0 Å². The number of nitrogens with zero attached hydrogens (tertiary/aromatic N) is 1. The fourth-order valence-electron chi connectivity index (χ4n) is 7.70. The Kier molecular flexibility index (Phi) is 5.83. The Hall–Kier alpha value is -6.36. The van der Waals surface area contributed by atoms with Crippen LogP contribution in [0.15, 0.2) is 173 Å². The summed E-state index contributed by atoms with van der Waals surface area (Å²) in [7, 11) is 0. The van der Waals surface area contributed by atoms with E-state index in [1.165, 1.54) is 30.9 Å². The largest absolute Gasteiger partial charge is 0.455 e. The van der Waals surface area contributed by atoms with Crippen molar-refractivity contribution in [2.24, 2.45) is 0 Å². The Morgan fingerprint density at radius 3 is 1.96 bits per heavy atom. The highest BCUT2D eigenvalue weighted by atomic mass is 32.1. The molecule has 50 heavy (non-hydrogen) atoms. The first-order valence-corrected chi connectivity index (χ1v) is 17.6. The molecule has 3 aromatic heterocycles. The third-order valence-electron chi connectivity index (χ3n) is 10.0. The summed E-state index contributed by atoms with van der Waals surface area (Å²) in [4.78, 5) is 2.33. The highest BCUT2D eigenvalue weighted by Crippen LogP contribution is 2.45. The SMILES string of the molecule is c1ccc(N(c2ccc(-c3cccc4c3oc3ccccc34)cc2)c2ccc3c(c2)sc2ccc4c5cc6ccccc6cc5oc4c23)cc1. The third kappa shape index (κ3) is 4.09. The van der Waals surface area contributed by atoms with Gasteiger partial charge in [-0.15, -0.1) is 11.3 Å². The summed E-state index contributed by atoms with van der Waals surface area (Å²) in [6.07, 6.45) is 0. The molecular weight excluding hydrogens is 631 g/mol. The summed E-state index contributed by atoms with van der Waals surface area (Å²) >= 11 is 1.82. The fourth-order valence-corrected chi connectivity index (χ4v) is 8.83. The molecule has 0 atom stereocenters. The Bertz CT molecular complexity index is 3090. The molecule has 0 saturated carbocycles. The molecule has 11 aromatic rings. The lowest BCUT2D eigenvalue weighted by Gasteiger charge is -2.25. The van der Waals surface area contributed by atoms with Crippen LogP contribution in [0.25, 0.3) is 85.9 Å². The maximum absolute atomic E-state index is 6.64. The van der Waals surface area contributed by atoms with E-state index in [2.05, 4.69) is 157 Å². The molecule has 0 amide bonds. The van der Waals surface area contributed by atoms with Gasteiger partial charge in [0, 0.05) is 64.3 Å². The quantitative estimate of drug-likeness (QED) is 0.189. The first kappa shape index (κ1) is 27.6. The molecule has 0 aliphatic heterocycles. The van der Waals surface area contributed by atoms with E-state index in [1.54, 1.807) is 0 Å². The average Bonchev–Trinajstić information content (AvgIpc) is 3.85. The molecule has 0 unspecified atom stereocenters. The van der Waals surface area contributed by atoms with Gasteiger partial charge in [0.15, 0.2) is 0 Å². The molecule has 0 spiro atoms. The van der Waals surface area contributed by atoms with E-state index in [4.69, 9.17) is 8.83 Å². The van der Waals surface area contributed by atoms with E-state index in [0.717, 1.165) is 72.1 Å². The number of benzene rings is 8. The van der Waals surface area contributed by atoms with E-state index in [-0.39, 0.29) is 0 Å². The molecule has 0 bridgehead atoms. The van der Waals surface area contributed by atoms with Crippen molar-refractivity contribution in [2.75, 3.05) is 4.90 Å². The smallest absolute Gasteiger partial charge is 0.144 e. The van der Waals surface area contributed by atoms with Crippen LogP contribution in [0, 0.1) is 0 Å². The Balaban J connectivity index is 1.04. The normalized spacial score (nSPS) is 12.0. The molecular formula is C46H27NO2S. The number of anilines is 3. The molecule has 4 heteroatoms. The van der Waals surface area contributed by atoms with Gasteiger partial charge < -0.3 is 13.7 Å². The predicted octanol–water partition coefficient (Wildman–Crippen LogP) is 14.1. The van der Waals surface area contributed by atoms with Gasteiger partial charge in [-0.25, -0.2) is 0 Å². The van der Waals surface area contributed by atoms with Crippen LogP contribution in [-0.4, -0.2) is 0 Å². The van der Waals surface area contributed by atoms with Crippen molar-refractivity contribution in [1.82, 2.24) is 0 Å². The number of para-hydroxylation sites is 3. The van der Waals surface area contributed by atoms with Gasteiger partial charge in [0.1, 0.15) is 22.3 Å². The first-order valence-electron chi connectivity index (χ1n) is 16.8. The molecule has 3 nitrogen and oxygen atoms in total. The van der Waals surface area contributed by atoms with E-state index >= 15 is 0 Å². The van der Waals surface area contributed by atoms with Crippen molar-refractivity contribution in [2.45, 2.75) is 0 Å². The van der Waals surface area contributed by atoms with Gasteiger partial charge >= 0.3 is 0 Å². The Morgan fingerprint density at radius 1 is 0.400 bits per heavy atom. The van der Waals surface area contributed by atoms with Gasteiger partial charge in [-0.05, 0) is 83.1 Å². The molecule has 3 heterocycles. The van der Waals surface area contributed by atoms with Crippen molar-refractivity contribution in [3.8, 4) is 11.1 Å². The fraction of sp³-hybridized carbons (Fsp3) is 0. The summed E-state index contributed by atoms with van der Waals surface area (Å²) in [6, 6.07) is 58.3. The van der Waals surface area contributed by atoms with E-state index in [9.17, 15) is 0 Å². The lowest BCUT2D eigenvalue weighted by atomic mass is 10.0. The molecule has 8 aromatic carbocycles. The van der Waals surface area contributed by atoms with Crippen LogP contribution < -0.4 is 4.90 Å². The standard InChI is InChI=1S/C46H27NO2S/c1-2-11-31(12-3-1)47(32-19-17-28(18-20-32)34-14-8-15-36-35-13-6-7-16-40(35)48-45(34)36)33-21-22-38-43(27-33)50-42-24-23-37-39-25-29-9-4-5-10-30(29)26-41(39)49-46(37)44(38)42/h1-27H. The minimum atomic E-state index is 0.910. The van der Waals surface area contributed by atoms with Crippen LogP contribution in [0.2, 0.25) is 0 Å². The first-order chi connectivity index (χ1) is 24.8. The number of fused-ring (bicyclic) bond motifs is 11. The minimum Gasteiger partial charge on any atom is -0.455 e. The monoisotopic (exact) mass is 657 g/mol. The maximum Gasteiger partial charge on any atom is 0.144 e. The molecule has 0 N–H and O–H groups in total. The number of thiophene rings is 1. The molecule has 0 fully saturated rings. The second-order valence-corrected chi connectivity index (χ2v) is 14.0. The number of rotatable bonds is 4. The Labute approximate surface area is 290 Å². The topological polar surface area (TPSA) is 29.5 Å². The van der Waals surface area contributed by atoms with Crippen molar-refractivity contribution in [1.29, 1.82) is 0 Å². The van der Waals surface area contributed by atoms with Gasteiger partial charge in [-0.2, -0.15) is 0 Å². The van der Waals surface area contributed by atoms with Crippen molar-refractivity contribution in [3.05, 3.63) is 164 Å². The van der Waals surface area contributed by atoms with Crippen LogP contribution in [0.4, 0.5) is 17.1 Å². The van der Waals surface area contributed by atoms with Crippen LogP contribution in [0.5, 0.6) is 0 Å². The van der Waals surface area contributed by atoms with E-state index in [1.807, 2.05) is 23.5 Å². The molecule has 0 aliphatic carbocycles. The van der Waals surface area contributed by atoms with Crippen molar-refractivity contribution in [3.63, 3.8) is 0 Å². The molecule has 0 aliphatic rings. The molecule has 0 radical (unpaired) electrons. The van der Waals surface area contributed by atoms with Crippen molar-refractivity contribution >= 4 is 103 Å². The van der Waals surface area contributed by atoms with Gasteiger partial charge in [0.2, 0.25) is 0 Å². The lowest BCUT2D eigenvalue weighted by molar-refractivity contribution is 0.670. The second kappa shape index (κ2) is 10.6. The highest BCUT2D eigenvalue weighted by molar-refractivity contribution is 7.26. The average molecular weight is 658 g/mol. The van der Waals surface area contributed by atoms with Crippen molar-refractivity contribution < 1.29 is 8.83 Å². The predicted molar refractivity (Wildman–Crippen MR) is 212 cm³/mol. The summed E-state index contributed by atoms with van der Waals surface area (Å²) in [5, 5.41) is 9.41. The molecule has 11 rings (SSSR count). The number of hydrogen-bond donors (Lipinski definition) is 0. The highest BCUT2D eigenvalue weighted by Gasteiger charge is 2.19. The number of furan rings is 2. The zero-order chi connectivity index (χ0) is 32.8. The zero-order valence-electron chi connectivity index (χ0n) is 26.8. The third-order valence-corrected chi connectivity index (χ3v) is 11.2. The lowest BCUT2D eigenvalue weighted by Crippen LogP contribution is -2.09.